The second kappa shape index (κ2) is 3.01. The van der Waals surface area contributed by atoms with Crippen LogP contribution in [0.1, 0.15) is 4.88 Å². The third kappa shape index (κ3) is 1.36. The van der Waals surface area contributed by atoms with Crippen LogP contribution in [-0.4, -0.2) is 8.95 Å². The fourth-order valence-corrected chi connectivity index (χ4v) is 4.52. The van der Waals surface area contributed by atoms with Crippen molar-refractivity contribution in [1.82, 2.24) is 0 Å². The fourth-order valence-electron chi connectivity index (χ4n) is 1.01. The number of hydrogen-bond donors (Lipinski definition) is 0. The Morgan fingerprint density at radius 2 is 2.36 bits per heavy atom. The lowest BCUT2D eigenvalue weighted by atomic mass is 10.4. The minimum Gasteiger partial charge on any atom is -0.164 e. The zero-order chi connectivity index (χ0) is 7.68. The van der Waals surface area contributed by atoms with Crippen LogP contribution in [-0.2, 0) is 0 Å². The molecular weight excluding hydrogens is 188 g/mol. The summed E-state index contributed by atoms with van der Waals surface area (Å²) in [7, 11) is 2.44. The highest BCUT2D eigenvalue weighted by Crippen LogP contribution is 2.39. The molecule has 1 atom stereocenters. The Morgan fingerprint density at radius 1 is 1.45 bits per heavy atom. The quantitative estimate of drug-likeness (QED) is 0.605. The highest BCUT2D eigenvalue weighted by molar-refractivity contribution is 8.28. The van der Waals surface area contributed by atoms with Gasteiger partial charge in [0.05, 0.1) is 0 Å². The Balaban J connectivity index is 2.40. The second-order valence-corrected chi connectivity index (χ2v) is 6.65. The van der Waals surface area contributed by atoms with E-state index >= 15 is 0 Å². The molecule has 0 amide bonds. The van der Waals surface area contributed by atoms with E-state index in [2.05, 4.69) is 44.0 Å². The normalized spacial score (nSPS) is 22.2. The third-order valence-corrected chi connectivity index (χ3v) is 5.49. The van der Waals surface area contributed by atoms with Crippen molar-refractivity contribution in [3.05, 3.63) is 40.0 Å². The summed E-state index contributed by atoms with van der Waals surface area (Å²) < 4.78 is 0. The van der Waals surface area contributed by atoms with Crippen LogP contribution in [0.4, 0.5) is 0 Å². The molecule has 0 N–H and O–H groups in total. The van der Waals surface area contributed by atoms with E-state index < -0.39 is 0 Å². The molecule has 0 aromatic carbocycles. The van der Waals surface area contributed by atoms with Crippen LogP contribution in [0.2, 0.25) is 0 Å². The van der Waals surface area contributed by atoms with E-state index in [4.69, 9.17) is 0 Å². The predicted octanol–water partition coefficient (Wildman–Crippen LogP) is 2.43. The first-order valence-corrected chi connectivity index (χ1v) is 7.40. The Kier molecular flexibility index (Phi) is 2.02. The van der Waals surface area contributed by atoms with Crippen LogP contribution in [0.15, 0.2) is 35.1 Å². The molecule has 1 aliphatic heterocycles. The van der Waals surface area contributed by atoms with E-state index in [1.54, 1.807) is 0 Å². The molecule has 11 heavy (non-hydrogen) atoms. The first kappa shape index (κ1) is 7.40. The Morgan fingerprint density at radius 3 is 2.91 bits per heavy atom. The molecule has 0 radical (unpaired) electrons. The lowest BCUT2D eigenvalue weighted by molar-refractivity contribution is 1.93. The molecule has 1 aliphatic rings. The van der Waals surface area contributed by atoms with Crippen LogP contribution in [0.25, 0.3) is 4.91 Å². The number of allylic oxidation sites excluding steroid dienone is 2. The molecule has 0 fully saturated rings. The maximum Gasteiger partial charge on any atom is 0.0399 e. The highest BCUT2D eigenvalue weighted by Gasteiger charge is 2.05. The van der Waals surface area contributed by atoms with Gasteiger partial charge in [0.2, 0.25) is 0 Å². The van der Waals surface area contributed by atoms with Gasteiger partial charge < -0.3 is 0 Å². The van der Waals surface area contributed by atoms with Crippen molar-refractivity contribution < 1.29 is 0 Å². The molecule has 0 aliphatic carbocycles. The molecule has 0 bridgehead atoms. The summed E-state index contributed by atoms with van der Waals surface area (Å²) in [5.74, 6) is 0. The van der Waals surface area contributed by atoms with Gasteiger partial charge in [0.15, 0.2) is 0 Å². The van der Waals surface area contributed by atoms with Gasteiger partial charge in [-0.2, -0.15) is 9.89 Å². The summed E-state index contributed by atoms with van der Waals surface area (Å²) in [5.41, 5.74) is 0. The van der Waals surface area contributed by atoms with Gasteiger partial charge in [0, 0.05) is 18.7 Å². The smallest absolute Gasteiger partial charge is 0.0399 e. The van der Waals surface area contributed by atoms with Crippen molar-refractivity contribution in [2.45, 2.75) is 0 Å². The second-order valence-electron chi connectivity index (χ2n) is 2.27. The van der Waals surface area contributed by atoms with Crippen LogP contribution in [0.3, 0.4) is 0 Å². The number of thiophene rings is 1. The molecule has 0 nitrogen and oxygen atoms in total. The monoisotopic (exact) mass is 196 g/mol. The molecule has 2 heterocycles. The van der Waals surface area contributed by atoms with E-state index in [1.807, 2.05) is 11.3 Å². The van der Waals surface area contributed by atoms with Gasteiger partial charge in [-0.1, -0.05) is 12.1 Å². The fraction of sp³-hybridized carbons (Fsp3) is 0. The first-order chi connectivity index (χ1) is 5.38. The van der Waals surface area contributed by atoms with Gasteiger partial charge in [-0.25, -0.2) is 0 Å². The van der Waals surface area contributed by atoms with Crippen LogP contribution in [0.5, 0.6) is 0 Å². The third-order valence-electron chi connectivity index (χ3n) is 1.54. The highest BCUT2D eigenvalue weighted by atomic mass is 32.3. The van der Waals surface area contributed by atoms with Crippen LogP contribution < -0.4 is 0 Å². The molecule has 0 saturated heterocycles. The minimum atomic E-state index is 0.379. The Bertz CT molecular complexity index is 333. The lowest BCUT2D eigenvalue weighted by Crippen LogP contribution is -1.68. The lowest BCUT2D eigenvalue weighted by Gasteiger charge is -1.99. The number of hydrogen-bond acceptors (Lipinski definition) is 1. The van der Waals surface area contributed by atoms with Gasteiger partial charge in [0.1, 0.15) is 0 Å². The first-order valence-electron chi connectivity index (χ1n) is 3.33. The standard InChI is InChI=1S/C8H8S2Si/c11-10-6-2-4-8(10)7-3-1-5-9-7/h1-6H,11H2. The number of rotatable bonds is 1. The van der Waals surface area contributed by atoms with E-state index in [-0.39, 0.29) is 0 Å². The van der Waals surface area contributed by atoms with Crippen LogP contribution >= 0.6 is 21.2 Å². The summed E-state index contributed by atoms with van der Waals surface area (Å²) in [4.78, 5) is 2.92. The van der Waals surface area contributed by atoms with E-state index in [1.165, 1.54) is 9.78 Å². The average molecular weight is 196 g/mol. The SMILES string of the molecule is [SiH2]=S1C=CC=C1c1cccs1. The molecular formula is C8H8S2Si. The van der Waals surface area contributed by atoms with E-state index in [9.17, 15) is 0 Å². The molecule has 0 saturated carbocycles. The molecule has 1 unspecified atom stereocenters. The predicted molar refractivity (Wildman–Crippen MR) is 57.6 cm³/mol. The van der Waals surface area contributed by atoms with Gasteiger partial charge >= 0.3 is 0 Å². The summed E-state index contributed by atoms with van der Waals surface area (Å²) in [6.07, 6.45) is 4.38. The molecule has 2 rings (SSSR count). The van der Waals surface area contributed by atoms with E-state index in [0.717, 1.165) is 0 Å². The maximum absolute atomic E-state index is 2.27. The molecule has 1 aromatic rings. The van der Waals surface area contributed by atoms with Crippen molar-refractivity contribution in [2.24, 2.45) is 0 Å². The van der Waals surface area contributed by atoms with Gasteiger partial charge in [0.25, 0.3) is 0 Å². The Hall–Kier alpha value is -0.253. The topological polar surface area (TPSA) is 0 Å². The van der Waals surface area contributed by atoms with E-state index in [0.29, 0.717) is 9.89 Å². The van der Waals surface area contributed by atoms with Gasteiger partial charge in [-0.3, -0.25) is 0 Å². The van der Waals surface area contributed by atoms with Crippen molar-refractivity contribution in [3.63, 3.8) is 0 Å². The summed E-state index contributed by atoms with van der Waals surface area (Å²) >= 11 is 1.83. The zero-order valence-electron chi connectivity index (χ0n) is 5.99. The average Bonchev–Trinajstić information content (AvgIpc) is 2.55. The van der Waals surface area contributed by atoms with Gasteiger partial charge in [-0.05, 0) is 22.9 Å². The van der Waals surface area contributed by atoms with Crippen molar-refractivity contribution in [1.29, 1.82) is 0 Å². The molecule has 0 spiro atoms. The zero-order valence-corrected chi connectivity index (χ0v) is 9.03. The maximum atomic E-state index is 2.27. The summed E-state index contributed by atoms with van der Waals surface area (Å²) in [6.45, 7) is 0. The largest absolute Gasteiger partial charge is 0.164 e. The van der Waals surface area contributed by atoms with Crippen molar-refractivity contribution >= 4 is 35.1 Å². The minimum absolute atomic E-state index is 0.379. The summed E-state index contributed by atoms with van der Waals surface area (Å²) in [6, 6.07) is 4.30. The molecule has 1 aromatic heterocycles. The molecule has 56 valence electrons. The van der Waals surface area contributed by atoms with Crippen molar-refractivity contribution in [3.8, 4) is 0 Å². The summed E-state index contributed by atoms with van der Waals surface area (Å²) in [5, 5.41) is 4.41. The van der Waals surface area contributed by atoms with Crippen LogP contribution in [0, 0.1) is 0 Å². The Labute approximate surface area is 75.2 Å². The van der Waals surface area contributed by atoms with Gasteiger partial charge in [-0.15, -0.1) is 11.3 Å². The van der Waals surface area contributed by atoms with Crippen molar-refractivity contribution in [2.75, 3.05) is 0 Å². The molecule has 3 heteroatoms.